The lowest BCUT2D eigenvalue weighted by molar-refractivity contribution is -0.125. The lowest BCUT2D eigenvalue weighted by Gasteiger charge is -2.36. The van der Waals surface area contributed by atoms with Crippen LogP contribution in [0.15, 0.2) is 43.0 Å². The molecular formula is C16H20O. The molecule has 0 heterocycles. The summed E-state index contributed by atoms with van der Waals surface area (Å²) in [6.45, 7) is 3.70. The SMILES string of the molecule is C=CCC(=O)C1(c2ccccc2)CCCCC1. The number of hydrogen-bond acceptors (Lipinski definition) is 1. The highest BCUT2D eigenvalue weighted by Gasteiger charge is 2.39. The first-order chi connectivity index (χ1) is 8.29. The smallest absolute Gasteiger partial charge is 0.147 e. The van der Waals surface area contributed by atoms with Gasteiger partial charge in [0.2, 0.25) is 0 Å². The monoisotopic (exact) mass is 228 g/mol. The summed E-state index contributed by atoms with van der Waals surface area (Å²) in [6, 6.07) is 10.3. The third-order valence-electron chi connectivity index (χ3n) is 3.90. The van der Waals surface area contributed by atoms with Crippen LogP contribution in [0.1, 0.15) is 44.1 Å². The second-order valence-electron chi connectivity index (χ2n) is 4.92. The minimum atomic E-state index is -0.228. The molecule has 2 rings (SSSR count). The van der Waals surface area contributed by atoms with Crippen LogP contribution in [0.5, 0.6) is 0 Å². The number of benzene rings is 1. The van der Waals surface area contributed by atoms with Gasteiger partial charge in [-0.2, -0.15) is 0 Å². The fourth-order valence-corrected chi connectivity index (χ4v) is 2.97. The van der Waals surface area contributed by atoms with Crippen LogP contribution in [0.25, 0.3) is 0 Å². The van der Waals surface area contributed by atoms with Gasteiger partial charge in [0.25, 0.3) is 0 Å². The molecule has 0 amide bonds. The van der Waals surface area contributed by atoms with Gasteiger partial charge in [0.05, 0.1) is 5.41 Å². The van der Waals surface area contributed by atoms with Crippen molar-refractivity contribution < 1.29 is 4.79 Å². The highest BCUT2D eigenvalue weighted by atomic mass is 16.1. The first-order valence-corrected chi connectivity index (χ1v) is 6.49. The molecule has 0 radical (unpaired) electrons. The van der Waals surface area contributed by atoms with Crippen LogP contribution in [0, 0.1) is 0 Å². The third kappa shape index (κ3) is 2.33. The maximum Gasteiger partial charge on any atom is 0.147 e. The molecule has 0 bridgehead atoms. The maximum atomic E-state index is 12.4. The molecule has 0 aromatic heterocycles. The van der Waals surface area contributed by atoms with Crippen molar-refractivity contribution >= 4 is 5.78 Å². The Bertz CT molecular complexity index is 385. The van der Waals surface area contributed by atoms with Gasteiger partial charge in [-0.15, -0.1) is 6.58 Å². The zero-order chi connectivity index (χ0) is 12.1. The number of Topliss-reactive ketones (excluding diaryl/α,β-unsaturated/α-hetero) is 1. The average molecular weight is 228 g/mol. The Morgan fingerprint density at radius 3 is 2.41 bits per heavy atom. The topological polar surface area (TPSA) is 17.1 Å². The van der Waals surface area contributed by atoms with Gasteiger partial charge < -0.3 is 0 Å². The zero-order valence-electron chi connectivity index (χ0n) is 10.3. The van der Waals surface area contributed by atoms with Gasteiger partial charge in [-0.1, -0.05) is 55.7 Å². The van der Waals surface area contributed by atoms with E-state index < -0.39 is 0 Å². The Labute approximate surface area is 104 Å². The molecule has 0 N–H and O–H groups in total. The van der Waals surface area contributed by atoms with Gasteiger partial charge in [0, 0.05) is 6.42 Å². The van der Waals surface area contributed by atoms with E-state index in [1.165, 1.54) is 12.0 Å². The Kier molecular flexibility index (Phi) is 3.78. The Balaban J connectivity index is 2.36. The van der Waals surface area contributed by atoms with Crippen molar-refractivity contribution in [1.82, 2.24) is 0 Å². The second-order valence-corrected chi connectivity index (χ2v) is 4.92. The summed E-state index contributed by atoms with van der Waals surface area (Å²) in [5.74, 6) is 0.346. The van der Waals surface area contributed by atoms with E-state index in [-0.39, 0.29) is 5.41 Å². The quantitative estimate of drug-likeness (QED) is 0.711. The Hall–Kier alpha value is -1.37. The van der Waals surface area contributed by atoms with Crippen LogP contribution in [-0.4, -0.2) is 5.78 Å². The minimum Gasteiger partial charge on any atom is -0.298 e. The molecule has 0 aliphatic heterocycles. The van der Waals surface area contributed by atoms with E-state index in [0.717, 1.165) is 25.7 Å². The van der Waals surface area contributed by atoms with Crippen LogP contribution in [0.3, 0.4) is 0 Å². The molecule has 1 fully saturated rings. The molecule has 17 heavy (non-hydrogen) atoms. The summed E-state index contributed by atoms with van der Waals surface area (Å²) in [6.07, 6.45) is 7.83. The van der Waals surface area contributed by atoms with Crippen LogP contribution in [-0.2, 0) is 10.2 Å². The molecule has 1 nitrogen and oxygen atoms in total. The molecule has 1 aromatic rings. The molecule has 1 aliphatic rings. The average Bonchev–Trinajstić information content (AvgIpc) is 2.41. The van der Waals surface area contributed by atoms with E-state index in [1.54, 1.807) is 6.08 Å². The highest BCUT2D eigenvalue weighted by molar-refractivity contribution is 5.91. The van der Waals surface area contributed by atoms with E-state index in [4.69, 9.17) is 0 Å². The number of carbonyl (C=O) groups is 1. The van der Waals surface area contributed by atoms with E-state index in [9.17, 15) is 4.79 Å². The van der Waals surface area contributed by atoms with Gasteiger partial charge in [-0.25, -0.2) is 0 Å². The molecule has 1 heteroatoms. The number of carbonyl (C=O) groups excluding carboxylic acids is 1. The number of rotatable bonds is 4. The number of allylic oxidation sites excluding steroid dienone is 1. The summed E-state index contributed by atoms with van der Waals surface area (Å²) < 4.78 is 0. The molecular weight excluding hydrogens is 208 g/mol. The van der Waals surface area contributed by atoms with Crippen LogP contribution in [0.4, 0.5) is 0 Å². The molecule has 90 valence electrons. The van der Waals surface area contributed by atoms with E-state index >= 15 is 0 Å². The molecule has 0 saturated heterocycles. The van der Waals surface area contributed by atoms with Gasteiger partial charge in [-0.3, -0.25) is 4.79 Å². The lowest BCUT2D eigenvalue weighted by atomic mass is 9.66. The third-order valence-corrected chi connectivity index (χ3v) is 3.90. The first-order valence-electron chi connectivity index (χ1n) is 6.49. The predicted molar refractivity (Wildman–Crippen MR) is 71.0 cm³/mol. The first kappa shape index (κ1) is 12.1. The van der Waals surface area contributed by atoms with Crippen molar-refractivity contribution in [2.45, 2.75) is 43.9 Å². The molecule has 0 spiro atoms. The van der Waals surface area contributed by atoms with Gasteiger partial charge in [-0.05, 0) is 18.4 Å². The standard InChI is InChI=1S/C16H20O/c1-2-9-15(17)16(12-7-4-8-13-16)14-10-5-3-6-11-14/h2-3,5-6,10-11H,1,4,7-9,12-13H2. The molecule has 0 atom stereocenters. The number of hydrogen-bond donors (Lipinski definition) is 0. The minimum absolute atomic E-state index is 0.228. The van der Waals surface area contributed by atoms with Crippen molar-refractivity contribution in [3.8, 4) is 0 Å². The van der Waals surface area contributed by atoms with Crippen LogP contribution >= 0.6 is 0 Å². The molecule has 1 aromatic carbocycles. The van der Waals surface area contributed by atoms with Crippen molar-refractivity contribution in [2.75, 3.05) is 0 Å². The summed E-state index contributed by atoms with van der Waals surface area (Å²) in [7, 11) is 0. The van der Waals surface area contributed by atoms with E-state index in [0.29, 0.717) is 12.2 Å². The van der Waals surface area contributed by atoms with E-state index in [2.05, 4.69) is 18.7 Å². The maximum absolute atomic E-state index is 12.4. The van der Waals surface area contributed by atoms with Crippen LogP contribution < -0.4 is 0 Å². The van der Waals surface area contributed by atoms with Gasteiger partial charge in [0.15, 0.2) is 0 Å². The van der Waals surface area contributed by atoms with E-state index in [1.807, 2.05) is 18.2 Å². The Morgan fingerprint density at radius 2 is 1.82 bits per heavy atom. The largest absolute Gasteiger partial charge is 0.298 e. The summed E-state index contributed by atoms with van der Waals surface area (Å²) in [4.78, 5) is 12.4. The second kappa shape index (κ2) is 5.31. The molecule has 0 unspecified atom stereocenters. The van der Waals surface area contributed by atoms with Crippen LogP contribution in [0.2, 0.25) is 0 Å². The van der Waals surface area contributed by atoms with Crippen molar-refractivity contribution in [3.63, 3.8) is 0 Å². The zero-order valence-corrected chi connectivity index (χ0v) is 10.3. The summed E-state index contributed by atoms with van der Waals surface area (Å²) in [5.41, 5.74) is 0.972. The highest BCUT2D eigenvalue weighted by Crippen LogP contribution is 2.40. The van der Waals surface area contributed by atoms with Crippen molar-refractivity contribution in [1.29, 1.82) is 0 Å². The van der Waals surface area contributed by atoms with Crippen molar-refractivity contribution in [2.24, 2.45) is 0 Å². The molecule has 1 aliphatic carbocycles. The number of ketones is 1. The fourth-order valence-electron chi connectivity index (χ4n) is 2.97. The molecule has 1 saturated carbocycles. The summed E-state index contributed by atoms with van der Waals surface area (Å²) >= 11 is 0. The van der Waals surface area contributed by atoms with Gasteiger partial charge in [0.1, 0.15) is 5.78 Å². The lowest BCUT2D eigenvalue weighted by Crippen LogP contribution is -2.37. The predicted octanol–water partition coefficient (Wildman–Crippen LogP) is 4.03. The van der Waals surface area contributed by atoms with Gasteiger partial charge >= 0.3 is 0 Å². The fraction of sp³-hybridized carbons (Fsp3) is 0.438. The Morgan fingerprint density at radius 1 is 1.18 bits per heavy atom. The normalized spacial score (nSPS) is 18.6. The summed E-state index contributed by atoms with van der Waals surface area (Å²) in [5, 5.41) is 0. The van der Waals surface area contributed by atoms with Crippen molar-refractivity contribution in [3.05, 3.63) is 48.6 Å².